The fourth-order valence-electron chi connectivity index (χ4n) is 5.30. The van der Waals surface area contributed by atoms with Crippen LogP contribution in [0.25, 0.3) is 0 Å². The molecule has 264 valence electrons. The first-order valence-electron chi connectivity index (χ1n) is 15.0. The second-order valence-corrected chi connectivity index (χ2v) is 11.2. The van der Waals surface area contributed by atoms with Crippen LogP contribution in [0.3, 0.4) is 0 Å². The van der Waals surface area contributed by atoms with E-state index in [1.807, 2.05) is 6.07 Å². The molecule has 0 radical (unpaired) electrons. The Bertz CT molecular complexity index is 2070. The number of rotatable bonds is 7. The summed E-state index contributed by atoms with van der Waals surface area (Å²) >= 11 is 0. The maximum absolute atomic E-state index is 12.7. The van der Waals surface area contributed by atoms with Crippen molar-refractivity contribution in [1.82, 2.24) is 0 Å². The maximum atomic E-state index is 12.7. The molecule has 0 bridgehead atoms. The third-order valence-corrected chi connectivity index (χ3v) is 7.83. The number of phenolic OH excluding ortho intramolecular Hbond substituents is 8. The molecule has 1 aliphatic rings. The molecule has 6 rings (SSSR count). The topological polar surface area (TPSA) is 233 Å². The highest BCUT2D eigenvalue weighted by Gasteiger charge is 2.37. The minimum absolute atomic E-state index is 0.0461. The van der Waals surface area contributed by atoms with Crippen LogP contribution in [-0.2, 0) is 11.2 Å². The number of benzene rings is 5. The van der Waals surface area contributed by atoms with Crippen molar-refractivity contribution in [1.29, 1.82) is 0 Å². The van der Waals surface area contributed by atoms with E-state index >= 15 is 0 Å². The molecule has 0 saturated carbocycles. The molecule has 0 aromatic heterocycles. The van der Waals surface area contributed by atoms with Crippen LogP contribution in [0.1, 0.15) is 43.5 Å². The summed E-state index contributed by atoms with van der Waals surface area (Å²) in [5, 5.41) is 78.2. The largest absolute Gasteiger partial charge is 0.508 e. The molecule has 8 N–H and O–H groups in total. The van der Waals surface area contributed by atoms with Gasteiger partial charge in [0, 0.05) is 47.4 Å². The molecular weight excluding hydrogens is 668 g/mol. The number of fused-ring (bicyclic) bond motifs is 1. The second-order valence-electron chi connectivity index (χ2n) is 11.2. The third-order valence-electron chi connectivity index (χ3n) is 7.83. The number of carbonyl (C=O) groups excluding carboxylic acids is 2. The molecule has 5 aromatic rings. The Hall–Kier alpha value is -6.96. The lowest BCUT2D eigenvalue weighted by Crippen LogP contribution is -2.34. The molecule has 1 heterocycles. The predicted octanol–water partition coefficient (Wildman–Crippen LogP) is 5.17. The predicted molar refractivity (Wildman–Crippen MR) is 178 cm³/mol. The van der Waals surface area contributed by atoms with Crippen LogP contribution in [-0.4, -0.2) is 72.9 Å². The van der Waals surface area contributed by atoms with Crippen molar-refractivity contribution in [3.8, 4) is 63.2 Å². The number of hydrogen-bond acceptors (Lipinski definition) is 14. The first-order chi connectivity index (χ1) is 24.3. The number of carbonyl (C=O) groups is 2. The van der Waals surface area contributed by atoms with Crippen LogP contribution < -0.4 is 14.2 Å². The number of phenols is 8. The molecule has 14 heteroatoms. The van der Waals surface area contributed by atoms with Gasteiger partial charge in [-0.2, -0.15) is 0 Å². The monoisotopic (exact) mass is 700 g/mol. The molecule has 0 saturated heterocycles. The summed E-state index contributed by atoms with van der Waals surface area (Å²) in [5.41, 5.74) is 0.945. The molecule has 0 amide bonds. The quantitative estimate of drug-likeness (QED) is 0.0622. The fourth-order valence-corrected chi connectivity index (χ4v) is 5.30. The highest BCUT2D eigenvalue weighted by atomic mass is 16.6. The Morgan fingerprint density at radius 2 is 1.35 bits per heavy atom. The summed E-state index contributed by atoms with van der Waals surface area (Å²) in [6.07, 6.45) is -2.12. The van der Waals surface area contributed by atoms with Crippen LogP contribution >= 0.6 is 0 Å². The Morgan fingerprint density at radius 3 is 1.98 bits per heavy atom. The number of esters is 1. The van der Waals surface area contributed by atoms with Crippen molar-refractivity contribution in [3.05, 3.63) is 113 Å². The van der Waals surface area contributed by atoms with E-state index in [0.717, 1.165) is 18.2 Å². The second kappa shape index (κ2) is 14.7. The Kier molecular flexibility index (Phi) is 10.2. The molecule has 2 atom stereocenters. The van der Waals surface area contributed by atoms with E-state index in [1.54, 1.807) is 30.3 Å². The van der Waals surface area contributed by atoms with E-state index in [2.05, 4.69) is 0 Å². The van der Waals surface area contributed by atoms with E-state index < -0.39 is 41.2 Å². The van der Waals surface area contributed by atoms with Gasteiger partial charge >= 0.3 is 5.97 Å². The minimum Gasteiger partial charge on any atom is -0.508 e. The number of hydrogen-bond donors (Lipinski definition) is 8. The van der Waals surface area contributed by atoms with E-state index in [-0.39, 0.29) is 63.4 Å². The van der Waals surface area contributed by atoms with Crippen LogP contribution in [0.2, 0.25) is 0 Å². The van der Waals surface area contributed by atoms with Gasteiger partial charge in [0.15, 0.2) is 34.9 Å². The van der Waals surface area contributed by atoms with E-state index in [4.69, 9.17) is 18.9 Å². The van der Waals surface area contributed by atoms with E-state index in [9.17, 15) is 50.4 Å². The maximum Gasteiger partial charge on any atom is 0.338 e. The lowest BCUT2D eigenvalue weighted by atomic mass is 9.93. The number of ether oxygens (including phenoxy) is 4. The normalized spacial score (nSPS) is 14.5. The van der Waals surface area contributed by atoms with Gasteiger partial charge < -0.3 is 59.8 Å². The fraction of sp³-hybridized carbons (Fsp3) is 0.135. The van der Waals surface area contributed by atoms with Crippen LogP contribution in [0, 0.1) is 0 Å². The van der Waals surface area contributed by atoms with Gasteiger partial charge in [0.2, 0.25) is 5.78 Å². The molecule has 0 aliphatic carbocycles. The zero-order valence-corrected chi connectivity index (χ0v) is 27.0. The van der Waals surface area contributed by atoms with Crippen LogP contribution in [0.5, 0.6) is 63.2 Å². The molecular formula is C37H32O14. The summed E-state index contributed by atoms with van der Waals surface area (Å²) in [6, 6.07) is 19.7. The van der Waals surface area contributed by atoms with Gasteiger partial charge in [-0.15, -0.1) is 0 Å². The molecule has 0 fully saturated rings. The summed E-state index contributed by atoms with van der Waals surface area (Å²) < 4.78 is 21.6. The smallest absolute Gasteiger partial charge is 0.338 e. The Morgan fingerprint density at radius 1 is 0.667 bits per heavy atom. The van der Waals surface area contributed by atoms with Crippen molar-refractivity contribution < 1.29 is 69.4 Å². The Balaban J connectivity index is 0.000000226. The highest BCUT2D eigenvalue weighted by Crippen LogP contribution is 2.44. The molecule has 51 heavy (non-hydrogen) atoms. The Labute approximate surface area is 289 Å². The minimum atomic E-state index is -1.06. The van der Waals surface area contributed by atoms with Crippen molar-refractivity contribution in [2.45, 2.75) is 18.6 Å². The van der Waals surface area contributed by atoms with E-state index in [0.29, 0.717) is 16.9 Å². The molecule has 1 aliphatic heterocycles. The highest BCUT2D eigenvalue weighted by molar-refractivity contribution is 6.12. The average molecular weight is 701 g/mol. The van der Waals surface area contributed by atoms with Gasteiger partial charge in [-0.1, -0.05) is 36.4 Å². The number of ketones is 1. The molecule has 14 nitrogen and oxygen atoms in total. The third kappa shape index (κ3) is 7.54. The van der Waals surface area contributed by atoms with E-state index in [1.165, 1.54) is 44.6 Å². The van der Waals surface area contributed by atoms with Crippen molar-refractivity contribution in [3.63, 3.8) is 0 Å². The lowest BCUT2D eigenvalue weighted by molar-refractivity contribution is -0.0189. The zero-order valence-electron chi connectivity index (χ0n) is 27.0. The van der Waals surface area contributed by atoms with Crippen LogP contribution in [0.4, 0.5) is 0 Å². The SMILES string of the molecule is COc1cc(O)c(C(=O)c2ccccc2)c(OC)c1.O=C(OC1Cc2c(O)cc(O)cc2OC1c1ccc(O)c(O)c1)c1cc(O)c(O)c(O)c1. The van der Waals surface area contributed by atoms with Crippen LogP contribution in [0.15, 0.2) is 84.9 Å². The van der Waals surface area contributed by atoms with Gasteiger partial charge in [0.25, 0.3) is 0 Å². The molecule has 5 aromatic carbocycles. The van der Waals surface area contributed by atoms with Crippen molar-refractivity contribution >= 4 is 11.8 Å². The van der Waals surface area contributed by atoms with Gasteiger partial charge in [0.1, 0.15) is 46.2 Å². The summed E-state index contributed by atoms with van der Waals surface area (Å²) in [6.45, 7) is 0. The van der Waals surface area contributed by atoms with Crippen molar-refractivity contribution in [2.75, 3.05) is 14.2 Å². The van der Waals surface area contributed by atoms with Crippen molar-refractivity contribution in [2.24, 2.45) is 0 Å². The number of aromatic hydroxyl groups is 8. The standard InChI is InChI=1S/C22H18O10.C15H14O4/c23-11-6-14(25)12-8-19(32-22(30)10-4-16(27)20(29)17(28)5-10)21(31-18(12)7-11)9-1-2-13(24)15(26)3-9;1-18-11-8-12(16)14(13(9-11)19-2)15(17)10-6-4-3-5-7-10/h1-7,19,21,23-29H,8H2;3-9,16H,1-2H3. The average Bonchev–Trinajstić information content (AvgIpc) is 3.11. The van der Waals surface area contributed by atoms with Gasteiger partial charge in [-0.25, -0.2) is 4.79 Å². The summed E-state index contributed by atoms with van der Waals surface area (Å²) in [4.78, 5) is 25.1. The zero-order chi connectivity index (χ0) is 37.0. The number of methoxy groups -OCH3 is 2. The summed E-state index contributed by atoms with van der Waals surface area (Å²) in [5.74, 6) is -4.17. The summed E-state index contributed by atoms with van der Waals surface area (Å²) in [7, 11) is 2.92. The van der Waals surface area contributed by atoms with Gasteiger partial charge in [0.05, 0.1) is 19.8 Å². The molecule has 0 spiro atoms. The first kappa shape index (κ1) is 35.3. The molecule has 2 unspecified atom stereocenters. The first-order valence-corrected chi connectivity index (χ1v) is 15.0. The lowest BCUT2D eigenvalue weighted by Gasteiger charge is -2.34. The van der Waals surface area contributed by atoms with Gasteiger partial charge in [-0.3, -0.25) is 4.79 Å². The van der Waals surface area contributed by atoms with Gasteiger partial charge in [-0.05, 0) is 24.3 Å².